The van der Waals surface area contributed by atoms with Crippen molar-refractivity contribution < 1.29 is 4.74 Å². The molecule has 4 atom stereocenters. The van der Waals surface area contributed by atoms with Crippen molar-refractivity contribution in [1.82, 2.24) is 10.2 Å². The highest BCUT2D eigenvalue weighted by atomic mass is 16.5. The topological polar surface area (TPSA) is 24.5 Å². The van der Waals surface area contributed by atoms with E-state index in [1.165, 1.54) is 24.0 Å². The number of likely N-dealkylation sites (tertiary alicyclic amines) is 1. The predicted molar refractivity (Wildman–Crippen MR) is 81.9 cm³/mol. The van der Waals surface area contributed by atoms with E-state index in [4.69, 9.17) is 4.74 Å². The lowest BCUT2D eigenvalue weighted by Crippen LogP contribution is -2.50. The highest BCUT2D eigenvalue weighted by Crippen LogP contribution is 2.30. The second-order valence-corrected chi connectivity index (χ2v) is 6.33. The van der Waals surface area contributed by atoms with Crippen molar-refractivity contribution in [3.05, 3.63) is 35.4 Å². The number of benzene rings is 1. The first kappa shape index (κ1) is 14.1. The molecule has 2 bridgehead atoms. The molecule has 2 aliphatic heterocycles. The maximum atomic E-state index is 5.95. The quantitative estimate of drug-likeness (QED) is 0.913. The van der Waals surface area contributed by atoms with Crippen LogP contribution in [0, 0.1) is 6.92 Å². The van der Waals surface area contributed by atoms with E-state index in [1.807, 2.05) is 0 Å². The summed E-state index contributed by atoms with van der Waals surface area (Å²) in [6, 6.07) is 9.79. The van der Waals surface area contributed by atoms with Gasteiger partial charge >= 0.3 is 0 Å². The number of fused-ring (bicyclic) bond motifs is 2. The number of nitrogens with zero attached hydrogens (tertiary/aromatic N) is 1. The van der Waals surface area contributed by atoms with E-state index in [0.29, 0.717) is 24.3 Å². The van der Waals surface area contributed by atoms with Gasteiger partial charge in [0, 0.05) is 25.2 Å². The number of morpholine rings is 1. The lowest BCUT2D eigenvalue weighted by molar-refractivity contribution is -0.0548. The van der Waals surface area contributed by atoms with Crippen LogP contribution in [-0.2, 0) is 4.74 Å². The Morgan fingerprint density at radius 2 is 1.75 bits per heavy atom. The molecule has 0 saturated carbocycles. The van der Waals surface area contributed by atoms with Gasteiger partial charge in [0.15, 0.2) is 0 Å². The number of hydrogen-bond acceptors (Lipinski definition) is 3. The van der Waals surface area contributed by atoms with Gasteiger partial charge in [-0.3, -0.25) is 4.90 Å². The number of rotatable bonds is 4. The summed E-state index contributed by atoms with van der Waals surface area (Å²) >= 11 is 0. The van der Waals surface area contributed by atoms with Gasteiger partial charge in [0.05, 0.1) is 12.2 Å². The highest BCUT2D eigenvalue weighted by Gasteiger charge is 2.37. The van der Waals surface area contributed by atoms with E-state index in [0.717, 1.165) is 13.1 Å². The molecule has 3 heteroatoms. The summed E-state index contributed by atoms with van der Waals surface area (Å²) in [7, 11) is 2.07. The summed E-state index contributed by atoms with van der Waals surface area (Å²) in [6.07, 6.45) is 3.41. The standard InChI is InChI=1S/C17H26N2O/c1-12-4-6-14(7-5-12)17(18-3)13(2)19-10-15-8-9-16(11-19)20-15/h4-7,13,15-18H,8-11H2,1-3H3. The summed E-state index contributed by atoms with van der Waals surface area (Å²) in [6.45, 7) is 6.65. The largest absolute Gasteiger partial charge is 0.372 e. The molecule has 4 unspecified atom stereocenters. The Morgan fingerprint density at radius 3 is 2.30 bits per heavy atom. The molecule has 0 amide bonds. The Hall–Kier alpha value is -0.900. The van der Waals surface area contributed by atoms with Crippen LogP contribution in [0.15, 0.2) is 24.3 Å². The van der Waals surface area contributed by atoms with Gasteiger partial charge in [-0.05, 0) is 39.3 Å². The number of nitrogens with one attached hydrogen (secondary N) is 1. The maximum absolute atomic E-state index is 5.95. The fourth-order valence-electron chi connectivity index (χ4n) is 3.65. The van der Waals surface area contributed by atoms with Crippen LogP contribution in [0.1, 0.15) is 36.9 Å². The fourth-order valence-corrected chi connectivity index (χ4v) is 3.65. The maximum Gasteiger partial charge on any atom is 0.0707 e. The van der Waals surface area contributed by atoms with E-state index >= 15 is 0 Å². The SMILES string of the molecule is CNC(c1ccc(C)cc1)C(C)N1CC2CCC(C1)O2. The average molecular weight is 274 g/mol. The summed E-state index contributed by atoms with van der Waals surface area (Å²) in [5.41, 5.74) is 2.70. The molecule has 1 aromatic rings. The molecule has 2 heterocycles. The smallest absolute Gasteiger partial charge is 0.0707 e. The minimum Gasteiger partial charge on any atom is -0.372 e. The average Bonchev–Trinajstić information content (AvgIpc) is 2.80. The van der Waals surface area contributed by atoms with Crippen LogP contribution in [0.5, 0.6) is 0 Å². The predicted octanol–water partition coefficient (Wildman–Crippen LogP) is 2.51. The summed E-state index contributed by atoms with van der Waals surface area (Å²) in [5.74, 6) is 0. The van der Waals surface area contributed by atoms with Crippen molar-refractivity contribution in [1.29, 1.82) is 0 Å². The normalized spacial score (nSPS) is 29.4. The van der Waals surface area contributed by atoms with Gasteiger partial charge in [0.1, 0.15) is 0 Å². The van der Waals surface area contributed by atoms with E-state index in [2.05, 4.69) is 55.4 Å². The number of aryl methyl sites for hydroxylation is 1. The zero-order valence-corrected chi connectivity index (χ0v) is 12.8. The van der Waals surface area contributed by atoms with Crippen molar-refractivity contribution >= 4 is 0 Å². The van der Waals surface area contributed by atoms with Crippen molar-refractivity contribution in [3.63, 3.8) is 0 Å². The second kappa shape index (κ2) is 5.84. The third kappa shape index (κ3) is 2.76. The molecule has 3 rings (SSSR count). The van der Waals surface area contributed by atoms with Crippen LogP contribution in [0.4, 0.5) is 0 Å². The molecule has 110 valence electrons. The molecule has 2 fully saturated rings. The van der Waals surface area contributed by atoms with Gasteiger partial charge in [-0.25, -0.2) is 0 Å². The van der Waals surface area contributed by atoms with E-state index < -0.39 is 0 Å². The number of likely N-dealkylation sites (N-methyl/N-ethyl adjacent to an activating group) is 1. The van der Waals surface area contributed by atoms with Crippen molar-refractivity contribution in [2.75, 3.05) is 20.1 Å². The van der Waals surface area contributed by atoms with Crippen LogP contribution < -0.4 is 5.32 Å². The monoisotopic (exact) mass is 274 g/mol. The Bertz CT molecular complexity index is 433. The van der Waals surface area contributed by atoms with Crippen LogP contribution in [0.3, 0.4) is 0 Å². The molecule has 0 aliphatic carbocycles. The third-order valence-electron chi connectivity index (χ3n) is 4.88. The molecule has 2 saturated heterocycles. The van der Waals surface area contributed by atoms with E-state index in [9.17, 15) is 0 Å². The number of ether oxygens (including phenoxy) is 1. The van der Waals surface area contributed by atoms with Gasteiger partial charge in [0.2, 0.25) is 0 Å². The van der Waals surface area contributed by atoms with Gasteiger partial charge in [-0.2, -0.15) is 0 Å². The molecular formula is C17H26N2O. The Balaban J connectivity index is 1.73. The first-order valence-corrected chi connectivity index (χ1v) is 7.80. The zero-order chi connectivity index (χ0) is 14.1. The van der Waals surface area contributed by atoms with Gasteiger partial charge in [-0.15, -0.1) is 0 Å². The van der Waals surface area contributed by atoms with Gasteiger partial charge < -0.3 is 10.1 Å². The number of hydrogen-bond donors (Lipinski definition) is 1. The zero-order valence-electron chi connectivity index (χ0n) is 12.8. The Morgan fingerprint density at radius 1 is 1.15 bits per heavy atom. The lowest BCUT2D eigenvalue weighted by atomic mass is 9.97. The minimum atomic E-state index is 0.382. The summed E-state index contributed by atoms with van der Waals surface area (Å²) in [5, 5.41) is 3.50. The molecule has 3 nitrogen and oxygen atoms in total. The fraction of sp³-hybridized carbons (Fsp3) is 0.647. The molecule has 0 spiro atoms. The Labute approximate surface area is 122 Å². The van der Waals surface area contributed by atoms with Crippen LogP contribution in [0.2, 0.25) is 0 Å². The highest BCUT2D eigenvalue weighted by molar-refractivity contribution is 5.25. The summed E-state index contributed by atoms with van der Waals surface area (Å²) in [4.78, 5) is 2.60. The Kier molecular flexibility index (Phi) is 4.11. The molecule has 20 heavy (non-hydrogen) atoms. The first-order valence-electron chi connectivity index (χ1n) is 7.80. The molecule has 2 aliphatic rings. The molecular weight excluding hydrogens is 248 g/mol. The van der Waals surface area contributed by atoms with Crippen molar-refractivity contribution in [2.45, 2.75) is 51.0 Å². The lowest BCUT2D eigenvalue weighted by Gasteiger charge is -2.40. The van der Waals surface area contributed by atoms with Crippen LogP contribution in [0.25, 0.3) is 0 Å². The van der Waals surface area contributed by atoms with Gasteiger partial charge in [0.25, 0.3) is 0 Å². The molecule has 0 aromatic heterocycles. The van der Waals surface area contributed by atoms with E-state index in [1.54, 1.807) is 0 Å². The second-order valence-electron chi connectivity index (χ2n) is 6.33. The summed E-state index contributed by atoms with van der Waals surface area (Å²) < 4.78 is 5.95. The van der Waals surface area contributed by atoms with Crippen molar-refractivity contribution in [2.24, 2.45) is 0 Å². The van der Waals surface area contributed by atoms with Crippen molar-refractivity contribution in [3.8, 4) is 0 Å². The van der Waals surface area contributed by atoms with Gasteiger partial charge in [-0.1, -0.05) is 29.8 Å². The van der Waals surface area contributed by atoms with E-state index in [-0.39, 0.29) is 0 Å². The molecule has 0 radical (unpaired) electrons. The molecule has 1 aromatic carbocycles. The minimum absolute atomic E-state index is 0.382. The van der Waals surface area contributed by atoms with Crippen LogP contribution in [-0.4, -0.2) is 43.3 Å². The first-order chi connectivity index (χ1) is 9.67. The third-order valence-corrected chi connectivity index (χ3v) is 4.88. The van der Waals surface area contributed by atoms with Crippen LogP contribution >= 0.6 is 0 Å². The molecule has 1 N–H and O–H groups in total.